The maximum Gasteiger partial charge on any atom is 0.350 e. The molecule has 0 saturated heterocycles. The largest absolute Gasteiger partial charge is 0.462 e. The lowest BCUT2D eigenvalue weighted by atomic mass is 10.1. The van der Waals surface area contributed by atoms with Gasteiger partial charge in [-0.3, -0.25) is 10.1 Å². The molecule has 2 aromatic rings. The molecule has 0 aliphatic heterocycles. The Hall–Kier alpha value is -1.80. The Labute approximate surface area is 133 Å². The Morgan fingerprint density at radius 2 is 2.29 bits per heavy atom. The zero-order chi connectivity index (χ0) is 15.4. The summed E-state index contributed by atoms with van der Waals surface area (Å²) in [6.07, 6.45) is 0.331. The molecule has 0 amide bonds. The molecule has 0 unspecified atom stereocenters. The summed E-state index contributed by atoms with van der Waals surface area (Å²) in [7, 11) is 0. The fraction of sp³-hybridized carbons (Fsp3) is 0.231. The normalized spacial score (nSPS) is 10.4. The van der Waals surface area contributed by atoms with Gasteiger partial charge >= 0.3 is 5.97 Å². The quantitative estimate of drug-likeness (QED) is 0.456. The molecule has 0 bridgehead atoms. The highest BCUT2D eigenvalue weighted by molar-refractivity contribution is 9.11. The lowest BCUT2D eigenvalue weighted by molar-refractivity contribution is -0.384. The van der Waals surface area contributed by atoms with Gasteiger partial charge < -0.3 is 4.74 Å². The van der Waals surface area contributed by atoms with Crippen molar-refractivity contribution in [3.63, 3.8) is 0 Å². The van der Waals surface area contributed by atoms with E-state index in [9.17, 15) is 14.9 Å². The molecule has 0 saturated carbocycles. The van der Waals surface area contributed by atoms with Crippen LogP contribution in [0.2, 0.25) is 0 Å². The predicted molar refractivity (Wildman–Crippen MR) is 81.7 cm³/mol. The van der Waals surface area contributed by atoms with Gasteiger partial charge in [0.15, 0.2) is 3.92 Å². The van der Waals surface area contributed by atoms with Crippen LogP contribution >= 0.6 is 27.3 Å². The van der Waals surface area contributed by atoms with Crippen molar-refractivity contribution in [3.8, 4) is 0 Å². The number of halogens is 1. The van der Waals surface area contributed by atoms with Crippen molar-refractivity contribution >= 4 is 38.9 Å². The number of carbonyl (C=O) groups excluding carboxylic acids is 1. The van der Waals surface area contributed by atoms with Crippen LogP contribution in [0.5, 0.6) is 0 Å². The van der Waals surface area contributed by atoms with Crippen molar-refractivity contribution in [1.82, 2.24) is 4.98 Å². The molecule has 1 heterocycles. The van der Waals surface area contributed by atoms with Crippen LogP contribution in [0.15, 0.2) is 28.2 Å². The van der Waals surface area contributed by atoms with Gasteiger partial charge in [-0.25, -0.2) is 9.78 Å². The molecule has 6 nitrogen and oxygen atoms in total. The highest BCUT2D eigenvalue weighted by Crippen LogP contribution is 2.26. The lowest BCUT2D eigenvalue weighted by Crippen LogP contribution is -2.06. The first-order valence-corrected chi connectivity index (χ1v) is 7.68. The molecule has 2 rings (SSSR count). The first-order valence-electron chi connectivity index (χ1n) is 6.07. The third-order valence-corrected chi connectivity index (χ3v) is 4.15. The summed E-state index contributed by atoms with van der Waals surface area (Å²) in [6.45, 7) is 2.01. The number of hydrogen-bond donors (Lipinski definition) is 0. The van der Waals surface area contributed by atoms with E-state index in [-0.39, 0.29) is 12.3 Å². The molecule has 0 aliphatic rings. The molecular formula is C13H11BrN2O4S. The monoisotopic (exact) mass is 370 g/mol. The first kappa shape index (κ1) is 15.6. The van der Waals surface area contributed by atoms with Gasteiger partial charge in [-0.15, -0.1) is 0 Å². The summed E-state index contributed by atoms with van der Waals surface area (Å²) in [5.74, 6) is -0.430. The fourth-order valence-corrected chi connectivity index (χ4v) is 3.17. The van der Waals surface area contributed by atoms with Crippen molar-refractivity contribution in [1.29, 1.82) is 0 Å². The van der Waals surface area contributed by atoms with Gasteiger partial charge in [0.2, 0.25) is 0 Å². The Bertz CT molecular complexity index is 687. The van der Waals surface area contributed by atoms with Crippen molar-refractivity contribution in [2.24, 2.45) is 0 Å². The maximum absolute atomic E-state index is 11.9. The van der Waals surface area contributed by atoms with E-state index < -0.39 is 10.9 Å². The third kappa shape index (κ3) is 3.85. The minimum absolute atomic E-state index is 0.0134. The molecule has 110 valence electrons. The summed E-state index contributed by atoms with van der Waals surface area (Å²) >= 11 is 4.43. The van der Waals surface area contributed by atoms with Gasteiger partial charge in [-0.2, -0.15) is 0 Å². The van der Waals surface area contributed by atoms with Crippen LogP contribution in [0.4, 0.5) is 5.69 Å². The number of benzene rings is 1. The molecule has 0 spiro atoms. The van der Waals surface area contributed by atoms with Gasteiger partial charge in [0.25, 0.3) is 5.69 Å². The van der Waals surface area contributed by atoms with Crippen LogP contribution in [-0.4, -0.2) is 22.5 Å². The van der Waals surface area contributed by atoms with E-state index in [1.165, 1.54) is 23.5 Å². The third-order valence-electron chi connectivity index (χ3n) is 2.63. The van der Waals surface area contributed by atoms with E-state index >= 15 is 0 Å². The average Bonchev–Trinajstić information content (AvgIpc) is 2.80. The number of aromatic nitrogens is 1. The number of nitrogens with zero attached hydrogens (tertiary/aromatic N) is 2. The highest BCUT2D eigenvalue weighted by atomic mass is 79.9. The van der Waals surface area contributed by atoms with Crippen LogP contribution in [0, 0.1) is 10.1 Å². The summed E-state index contributed by atoms with van der Waals surface area (Å²) < 4.78 is 5.56. The SMILES string of the molecule is CCOC(=O)c1sc(Br)nc1Cc1cccc([N+](=O)[O-])c1. The van der Waals surface area contributed by atoms with Crippen LogP contribution in [-0.2, 0) is 11.2 Å². The minimum atomic E-state index is -0.452. The molecule has 0 aliphatic carbocycles. The number of nitro benzene ring substituents is 1. The van der Waals surface area contributed by atoms with E-state index in [1.807, 2.05) is 0 Å². The Kier molecular flexibility index (Phi) is 5.03. The van der Waals surface area contributed by atoms with Gasteiger partial charge in [0.1, 0.15) is 4.88 Å². The van der Waals surface area contributed by atoms with E-state index in [1.54, 1.807) is 19.1 Å². The van der Waals surface area contributed by atoms with Crippen LogP contribution in [0.1, 0.15) is 27.9 Å². The Morgan fingerprint density at radius 3 is 2.95 bits per heavy atom. The average molecular weight is 371 g/mol. The zero-order valence-electron chi connectivity index (χ0n) is 11.0. The van der Waals surface area contributed by atoms with Crippen LogP contribution in [0.3, 0.4) is 0 Å². The van der Waals surface area contributed by atoms with Crippen LogP contribution in [0.25, 0.3) is 0 Å². The first-order chi connectivity index (χ1) is 10.0. The highest BCUT2D eigenvalue weighted by Gasteiger charge is 2.19. The molecule has 0 radical (unpaired) electrons. The Balaban J connectivity index is 2.29. The molecular weight excluding hydrogens is 360 g/mol. The topological polar surface area (TPSA) is 82.3 Å². The Morgan fingerprint density at radius 1 is 1.52 bits per heavy atom. The van der Waals surface area contributed by atoms with Gasteiger partial charge in [-0.05, 0) is 28.4 Å². The van der Waals surface area contributed by atoms with Crippen LogP contribution < -0.4 is 0 Å². The number of esters is 1. The molecule has 1 aromatic heterocycles. The second-order valence-corrected chi connectivity index (χ2v) is 6.34. The van der Waals surface area contributed by atoms with Crippen molar-refractivity contribution in [2.45, 2.75) is 13.3 Å². The fourth-order valence-electron chi connectivity index (χ4n) is 1.77. The minimum Gasteiger partial charge on any atom is -0.462 e. The van der Waals surface area contributed by atoms with Crippen molar-refractivity contribution in [3.05, 3.63) is 54.4 Å². The maximum atomic E-state index is 11.9. The number of carbonyl (C=O) groups is 1. The number of thiazole rings is 1. The number of ether oxygens (including phenoxy) is 1. The molecule has 0 fully saturated rings. The molecule has 21 heavy (non-hydrogen) atoms. The van der Waals surface area contributed by atoms with Gasteiger partial charge in [0.05, 0.1) is 17.2 Å². The second-order valence-electron chi connectivity index (χ2n) is 4.07. The number of rotatable bonds is 5. The standard InChI is InChI=1S/C13H11BrN2O4S/c1-2-20-12(17)11-10(15-13(14)21-11)7-8-4-3-5-9(6-8)16(18)19/h3-6H,2,7H2,1H3. The van der Waals surface area contributed by atoms with E-state index in [0.717, 1.165) is 0 Å². The van der Waals surface area contributed by atoms with Gasteiger partial charge in [0, 0.05) is 18.6 Å². The summed E-state index contributed by atoms with van der Waals surface area (Å²) in [5.41, 5.74) is 1.28. The lowest BCUT2D eigenvalue weighted by Gasteiger charge is -2.03. The molecule has 0 N–H and O–H groups in total. The summed E-state index contributed by atoms with van der Waals surface area (Å²) in [6, 6.07) is 6.27. The van der Waals surface area contributed by atoms with E-state index in [0.29, 0.717) is 26.5 Å². The van der Waals surface area contributed by atoms with Gasteiger partial charge in [-0.1, -0.05) is 23.5 Å². The summed E-state index contributed by atoms with van der Waals surface area (Å²) in [5, 5.41) is 10.8. The van der Waals surface area contributed by atoms with Crippen molar-refractivity contribution in [2.75, 3.05) is 6.61 Å². The van der Waals surface area contributed by atoms with E-state index in [4.69, 9.17) is 4.74 Å². The number of non-ortho nitro benzene ring substituents is 1. The smallest absolute Gasteiger partial charge is 0.350 e. The number of nitro groups is 1. The second kappa shape index (κ2) is 6.77. The zero-order valence-corrected chi connectivity index (χ0v) is 13.4. The predicted octanol–water partition coefficient (Wildman–Crippen LogP) is 3.58. The van der Waals surface area contributed by atoms with Crippen molar-refractivity contribution < 1.29 is 14.5 Å². The van der Waals surface area contributed by atoms with E-state index in [2.05, 4.69) is 20.9 Å². The number of hydrogen-bond acceptors (Lipinski definition) is 6. The summed E-state index contributed by atoms with van der Waals surface area (Å²) in [4.78, 5) is 26.9. The molecule has 1 aromatic carbocycles. The molecule has 8 heteroatoms. The molecule has 0 atom stereocenters.